The van der Waals surface area contributed by atoms with Gasteiger partial charge in [0, 0.05) is 0 Å². The van der Waals surface area contributed by atoms with Gasteiger partial charge in [0.15, 0.2) is 0 Å². The van der Waals surface area contributed by atoms with Crippen molar-refractivity contribution < 1.29 is 12.8 Å². The molecule has 0 saturated carbocycles. The first-order chi connectivity index (χ1) is 10.3. The van der Waals surface area contributed by atoms with Crippen LogP contribution in [0.5, 0.6) is 0 Å². The molecule has 0 heterocycles. The first-order valence-corrected chi connectivity index (χ1v) is 8.77. The van der Waals surface area contributed by atoms with E-state index in [0.29, 0.717) is 5.56 Å². The molecule has 2 rings (SSSR count). The highest BCUT2D eigenvalue weighted by Crippen LogP contribution is 2.27. The van der Waals surface area contributed by atoms with Crippen LogP contribution in [-0.2, 0) is 16.4 Å². The minimum Gasteiger partial charge on any atom is -0.278 e. The average molecular weight is 342 g/mol. The van der Waals surface area contributed by atoms with Crippen LogP contribution in [0.15, 0.2) is 41.3 Å². The maximum absolute atomic E-state index is 13.4. The summed E-state index contributed by atoms with van der Waals surface area (Å²) in [6.45, 7) is 3.61. The smallest absolute Gasteiger partial charge is 0.261 e. The molecule has 118 valence electrons. The lowest BCUT2D eigenvalue weighted by molar-refractivity contribution is 0.600. The zero-order chi connectivity index (χ0) is 16.3. The number of nitrogens with one attached hydrogen (secondary N) is 1. The van der Waals surface area contributed by atoms with Crippen LogP contribution in [0.4, 0.5) is 10.1 Å². The number of benzene rings is 2. The third-order valence-electron chi connectivity index (χ3n) is 3.26. The van der Waals surface area contributed by atoms with Crippen molar-refractivity contribution in [2.24, 2.45) is 0 Å². The second kappa shape index (κ2) is 6.67. The number of hydrogen-bond acceptors (Lipinski definition) is 2. The molecular weight excluding hydrogens is 325 g/mol. The molecule has 0 amide bonds. The summed E-state index contributed by atoms with van der Waals surface area (Å²) in [4.78, 5) is 0.144. The number of aryl methyl sites for hydroxylation is 2. The van der Waals surface area contributed by atoms with E-state index in [2.05, 4.69) is 11.6 Å². The molecule has 0 atom stereocenters. The lowest BCUT2D eigenvalue weighted by Gasteiger charge is -2.11. The molecule has 0 aliphatic rings. The van der Waals surface area contributed by atoms with Crippen molar-refractivity contribution in [3.05, 3.63) is 58.4 Å². The fraction of sp³-hybridized carbons (Fsp3) is 0.250. The van der Waals surface area contributed by atoms with Gasteiger partial charge in [-0.1, -0.05) is 37.1 Å². The zero-order valence-electron chi connectivity index (χ0n) is 12.4. The Kier molecular flexibility index (Phi) is 5.08. The largest absolute Gasteiger partial charge is 0.278 e. The maximum Gasteiger partial charge on any atom is 0.261 e. The second-order valence-corrected chi connectivity index (χ2v) is 7.17. The Labute approximate surface area is 135 Å². The molecule has 2 aromatic carbocycles. The zero-order valence-corrected chi connectivity index (χ0v) is 13.9. The van der Waals surface area contributed by atoms with Gasteiger partial charge in [0.05, 0.1) is 15.6 Å². The van der Waals surface area contributed by atoms with Gasteiger partial charge in [-0.15, -0.1) is 0 Å². The van der Waals surface area contributed by atoms with Gasteiger partial charge in [0.2, 0.25) is 0 Å². The predicted molar refractivity (Wildman–Crippen MR) is 87.4 cm³/mol. The van der Waals surface area contributed by atoms with Gasteiger partial charge in [0.1, 0.15) is 5.82 Å². The fourth-order valence-electron chi connectivity index (χ4n) is 2.06. The minimum absolute atomic E-state index is 0.0225. The lowest BCUT2D eigenvalue weighted by atomic mass is 10.1. The number of rotatable bonds is 5. The van der Waals surface area contributed by atoms with Crippen molar-refractivity contribution in [1.29, 1.82) is 0 Å². The topological polar surface area (TPSA) is 46.2 Å². The van der Waals surface area contributed by atoms with Gasteiger partial charge in [0.25, 0.3) is 10.0 Å². The first-order valence-electron chi connectivity index (χ1n) is 6.91. The van der Waals surface area contributed by atoms with E-state index in [9.17, 15) is 12.8 Å². The third-order valence-corrected chi connectivity index (χ3v) is 4.96. The summed E-state index contributed by atoms with van der Waals surface area (Å²) in [5.74, 6) is -0.475. The Hall–Kier alpha value is -1.59. The molecule has 1 N–H and O–H groups in total. The van der Waals surface area contributed by atoms with E-state index in [1.807, 2.05) is 0 Å². The van der Waals surface area contributed by atoms with Gasteiger partial charge in [-0.05, 0) is 48.7 Å². The second-order valence-electron chi connectivity index (χ2n) is 5.08. The molecule has 0 aliphatic carbocycles. The summed E-state index contributed by atoms with van der Waals surface area (Å²) in [5.41, 5.74) is 1.57. The van der Waals surface area contributed by atoms with Crippen molar-refractivity contribution in [2.45, 2.75) is 31.6 Å². The molecular formula is C16H17ClFNO2S. The fourth-order valence-corrected chi connectivity index (χ4v) is 3.39. The SMILES string of the molecule is CCCc1ccc(S(=O)(=O)Nc2cc(C)c(F)cc2Cl)cc1. The van der Waals surface area contributed by atoms with Crippen molar-refractivity contribution in [2.75, 3.05) is 4.72 Å². The molecule has 0 aromatic heterocycles. The van der Waals surface area contributed by atoms with Crippen LogP contribution in [0.3, 0.4) is 0 Å². The Morgan fingerprint density at radius 3 is 2.41 bits per heavy atom. The molecule has 0 bridgehead atoms. The first kappa shape index (κ1) is 16.8. The monoisotopic (exact) mass is 341 g/mol. The Balaban J connectivity index is 2.29. The van der Waals surface area contributed by atoms with E-state index in [0.717, 1.165) is 24.5 Å². The Morgan fingerprint density at radius 1 is 1.18 bits per heavy atom. The highest BCUT2D eigenvalue weighted by Gasteiger charge is 2.16. The van der Waals surface area contributed by atoms with Crippen molar-refractivity contribution >= 4 is 27.3 Å². The summed E-state index contributed by atoms with van der Waals surface area (Å²) in [6, 6.07) is 9.15. The van der Waals surface area contributed by atoms with Crippen LogP contribution < -0.4 is 4.72 Å². The highest BCUT2D eigenvalue weighted by atomic mass is 35.5. The van der Waals surface area contributed by atoms with Crippen LogP contribution >= 0.6 is 11.6 Å². The maximum atomic E-state index is 13.4. The quantitative estimate of drug-likeness (QED) is 0.867. The highest BCUT2D eigenvalue weighted by molar-refractivity contribution is 7.92. The van der Waals surface area contributed by atoms with Gasteiger partial charge in [-0.25, -0.2) is 12.8 Å². The summed E-state index contributed by atoms with van der Waals surface area (Å²) in [6.07, 6.45) is 1.89. The number of halogens is 2. The number of hydrogen-bond donors (Lipinski definition) is 1. The molecule has 22 heavy (non-hydrogen) atoms. The summed E-state index contributed by atoms with van der Waals surface area (Å²) in [5, 5.41) is 0.0225. The predicted octanol–water partition coefficient (Wildman–Crippen LogP) is 4.54. The van der Waals surface area contributed by atoms with E-state index >= 15 is 0 Å². The van der Waals surface area contributed by atoms with Crippen molar-refractivity contribution in [1.82, 2.24) is 0 Å². The van der Waals surface area contributed by atoms with E-state index in [4.69, 9.17) is 11.6 Å². The van der Waals surface area contributed by atoms with Crippen LogP contribution in [0, 0.1) is 12.7 Å². The summed E-state index contributed by atoms with van der Waals surface area (Å²) >= 11 is 5.89. The van der Waals surface area contributed by atoms with E-state index in [1.54, 1.807) is 31.2 Å². The van der Waals surface area contributed by atoms with Crippen LogP contribution in [0.2, 0.25) is 5.02 Å². The molecule has 2 aromatic rings. The summed E-state index contributed by atoms with van der Waals surface area (Å²) in [7, 11) is -3.75. The van der Waals surface area contributed by atoms with Crippen LogP contribution in [-0.4, -0.2) is 8.42 Å². The molecule has 0 unspecified atom stereocenters. The molecule has 0 aliphatic heterocycles. The Bertz CT molecular complexity index is 773. The molecule has 6 heteroatoms. The third kappa shape index (κ3) is 3.78. The minimum atomic E-state index is -3.75. The normalized spacial score (nSPS) is 11.5. The lowest BCUT2D eigenvalue weighted by Crippen LogP contribution is -2.13. The van der Waals surface area contributed by atoms with Crippen molar-refractivity contribution in [3.8, 4) is 0 Å². The number of sulfonamides is 1. The number of anilines is 1. The van der Waals surface area contributed by atoms with Crippen LogP contribution in [0.1, 0.15) is 24.5 Å². The van der Waals surface area contributed by atoms with Gasteiger partial charge >= 0.3 is 0 Å². The van der Waals surface area contributed by atoms with E-state index in [1.165, 1.54) is 6.07 Å². The van der Waals surface area contributed by atoms with Crippen molar-refractivity contribution in [3.63, 3.8) is 0 Å². The van der Waals surface area contributed by atoms with Crippen LogP contribution in [0.25, 0.3) is 0 Å². The molecule has 0 fully saturated rings. The van der Waals surface area contributed by atoms with Gasteiger partial charge in [-0.2, -0.15) is 0 Å². The molecule has 0 radical (unpaired) electrons. The van der Waals surface area contributed by atoms with Gasteiger partial charge in [-0.3, -0.25) is 4.72 Å². The summed E-state index contributed by atoms with van der Waals surface area (Å²) < 4.78 is 40.5. The standard InChI is InChI=1S/C16H17ClFNO2S/c1-3-4-12-5-7-13(8-6-12)22(20,21)19-16-9-11(2)15(18)10-14(16)17/h5-10,19H,3-4H2,1-2H3. The molecule has 0 spiro atoms. The van der Waals surface area contributed by atoms with E-state index < -0.39 is 15.8 Å². The van der Waals surface area contributed by atoms with Gasteiger partial charge < -0.3 is 0 Å². The Morgan fingerprint density at radius 2 is 1.82 bits per heavy atom. The van der Waals surface area contributed by atoms with E-state index in [-0.39, 0.29) is 15.6 Å². The molecule has 3 nitrogen and oxygen atoms in total. The molecule has 0 saturated heterocycles. The average Bonchev–Trinajstić information content (AvgIpc) is 2.45.